The Labute approximate surface area is 198 Å². The molecule has 2 aliphatic heterocycles. The first kappa shape index (κ1) is 24.9. The van der Waals surface area contributed by atoms with E-state index >= 15 is 0 Å². The number of halogens is 1. The molecular formula is C23H38IN5O. The number of hydrogen-bond donors (Lipinski definition) is 2. The second kappa shape index (κ2) is 13.1. The summed E-state index contributed by atoms with van der Waals surface area (Å²) in [6.07, 6.45) is 3.92. The fourth-order valence-corrected chi connectivity index (χ4v) is 4.26. The molecule has 30 heavy (non-hydrogen) atoms. The van der Waals surface area contributed by atoms with E-state index in [0.717, 1.165) is 58.1 Å². The van der Waals surface area contributed by atoms with E-state index < -0.39 is 0 Å². The molecule has 2 fully saturated rings. The van der Waals surface area contributed by atoms with Gasteiger partial charge in [0.2, 0.25) is 5.91 Å². The maximum atomic E-state index is 11.9. The van der Waals surface area contributed by atoms with Gasteiger partial charge in [0.05, 0.1) is 0 Å². The van der Waals surface area contributed by atoms with Crippen molar-refractivity contribution in [3.8, 4) is 0 Å². The summed E-state index contributed by atoms with van der Waals surface area (Å²) in [5, 5.41) is 6.91. The minimum Gasteiger partial charge on any atom is -0.357 e. The average Bonchev–Trinajstić information content (AvgIpc) is 3.40. The maximum Gasteiger partial charge on any atom is 0.222 e. The topological polar surface area (TPSA) is 60.0 Å². The fourth-order valence-electron chi connectivity index (χ4n) is 4.26. The minimum atomic E-state index is 0. The highest BCUT2D eigenvalue weighted by atomic mass is 127. The Morgan fingerprint density at radius 3 is 2.67 bits per heavy atom. The first-order chi connectivity index (χ1) is 14.2. The van der Waals surface area contributed by atoms with E-state index in [1.807, 2.05) is 11.8 Å². The minimum absolute atomic E-state index is 0. The molecule has 2 heterocycles. The molecule has 0 aromatic heterocycles. The van der Waals surface area contributed by atoms with E-state index in [9.17, 15) is 4.79 Å². The van der Waals surface area contributed by atoms with E-state index in [1.54, 1.807) is 0 Å². The second-order valence-corrected chi connectivity index (χ2v) is 8.23. The molecule has 168 valence electrons. The number of carbonyl (C=O) groups is 1. The molecule has 1 amide bonds. The lowest BCUT2D eigenvalue weighted by molar-refractivity contribution is -0.129. The number of hydrogen-bond acceptors (Lipinski definition) is 3. The Kier molecular flexibility index (Phi) is 10.9. The molecule has 1 aromatic carbocycles. The monoisotopic (exact) mass is 527 g/mol. The van der Waals surface area contributed by atoms with Crippen LogP contribution in [0.1, 0.15) is 38.7 Å². The van der Waals surface area contributed by atoms with Gasteiger partial charge in [-0.05, 0) is 44.2 Å². The van der Waals surface area contributed by atoms with Gasteiger partial charge in [0.25, 0.3) is 0 Å². The number of aliphatic imine (C=N–C) groups is 1. The van der Waals surface area contributed by atoms with Gasteiger partial charge in [-0.25, -0.2) is 0 Å². The van der Waals surface area contributed by atoms with Crippen molar-refractivity contribution < 1.29 is 4.79 Å². The van der Waals surface area contributed by atoms with Gasteiger partial charge in [-0.2, -0.15) is 0 Å². The van der Waals surface area contributed by atoms with Crippen molar-refractivity contribution in [3.63, 3.8) is 0 Å². The number of rotatable bonds is 8. The van der Waals surface area contributed by atoms with Gasteiger partial charge < -0.3 is 20.4 Å². The highest BCUT2D eigenvalue weighted by Gasteiger charge is 2.26. The van der Waals surface area contributed by atoms with Crippen LogP contribution in [-0.4, -0.2) is 73.5 Å². The number of carbonyl (C=O) groups excluding carboxylic acids is 1. The largest absolute Gasteiger partial charge is 0.357 e. The summed E-state index contributed by atoms with van der Waals surface area (Å²) in [7, 11) is 0. The summed E-state index contributed by atoms with van der Waals surface area (Å²) in [5.74, 6) is 1.77. The van der Waals surface area contributed by atoms with Crippen molar-refractivity contribution in [1.29, 1.82) is 0 Å². The van der Waals surface area contributed by atoms with Crippen LogP contribution in [0.4, 0.5) is 0 Å². The molecule has 2 atom stereocenters. The number of amides is 1. The van der Waals surface area contributed by atoms with Crippen molar-refractivity contribution in [2.24, 2.45) is 10.9 Å². The molecule has 2 N–H and O–H groups in total. The first-order valence-electron chi connectivity index (χ1n) is 11.3. The molecule has 0 spiro atoms. The Hall–Kier alpha value is -1.35. The SMILES string of the molecule is CCNC(=NCC1CCN(CCc2ccccc2)C1)NC1CCN(C(=O)CC)C1.I. The highest BCUT2D eigenvalue weighted by molar-refractivity contribution is 14.0. The van der Waals surface area contributed by atoms with Crippen LogP contribution in [0, 0.1) is 5.92 Å². The molecular weight excluding hydrogens is 489 g/mol. The Bertz CT molecular complexity index is 669. The van der Waals surface area contributed by atoms with Crippen LogP contribution in [-0.2, 0) is 11.2 Å². The molecule has 1 aromatic rings. The molecule has 0 saturated carbocycles. The molecule has 0 aliphatic carbocycles. The third kappa shape index (κ3) is 7.72. The Morgan fingerprint density at radius 2 is 1.93 bits per heavy atom. The average molecular weight is 527 g/mol. The van der Waals surface area contributed by atoms with Gasteiger partial charge in [0.15, 0.2) is 5.96 Å². The summed E-state index contributed by atoms with van der Waals surface area (Å²) >= 11 is 0. The van der Waals surface area contributed by atoms with Crippen LogP contribution in [0.3, 0.4) is 0 Å². The van der Waals surface area contributed by atoms with Crippen LogP contribution in [0.15, 0.2) is 35.3 Å². The summed E-state index contributed by atoms with van der Waals surface area (Å²) in [6.45, 7) is 10.8. The third-order valence-electron chi connectivity index (χ3n) is 5.97. The third-order valence-corrected chi connectivity index (χ3v) is 5.97. The van der Waals surface area contributed by atoms with Gasteiger partial charge in [0.1, 0.15) is 0 Å². The second-order valence-electron chi connectivity index (χ2n) is 8.23. The van der Waals surface area contributed by atoms with Crippen LogP contribution in [0.5, 0.6) is 0 Å². The molecule has 6 nitrogen and oxygen atoms in total. The molecule has 0 radical (unpaired) electrons. The lowest BCUT2D eigenvalue weighted by Crippen LogP contribution is -2.45. The number of nitrogens with one attached hydrogen (secondary N) is 2. The maximum absolute atomic E-state index is 11.9. The van der Waals surface area contributed by atoms with E-state index in [4.69, 9.17) is 4.99 Å². The highest BCUT2D eigenvalue weighted by Crippen LogP contribution is 2.17. The quantitative estimate of drug-likeness (QED) is 0.310. The number of nitrogens with zero attached hydrogens (tertiary/aromatic N) is 3. The molecule has 2 aliphatic rings. The number of likely N-dealkylation sites (tertiary alicyclic amines) is 2. The Morgan fingerprint density at radius 1 is 1.13 bits per heavy atom. The lowest BCUT2D eigenvalue weighted by Gasteiger charge is -2.19. The van der Waals surface area contributed by atoms with Crippen LogP contribution in [0.2, 0.25) is 0 Å². The zero-order chi connectivity index (χ0) is 20.5. The molecule has 2 saturated heterocycles. The molecule has 7 heteroatoms. The van der Waals surface area contributed by atoms with E-state index in [1.165, 1.54) is 18.5 Å². The first-order valence-corrected chi connectivity index (χ1v) is 11.3. The summed E-state index contributed by atoms with van der Waals surface area (Å²) in [4.78, 5) is 21.3. The van der Waals surface area contributed by atoms with Crippen molar-refractivity contribution in [3.05, 3.63) is 35.9 Å². The van der Waals surface area contributed by atoms with Crippen molar-refractivity contribution in [1.82, 2.24) is 20.4 Å². The predicted molar refractivity (Wildman–Crippen MR) is 134 cm³/mol. The van der Waals surface area contributed by atoms with E-state index in [2.05, 4.69) is 52.8 Å². The predicted octanol–water partition coefficient (Wildman–Crippen LogP) is 2.74. The molecule has 0 bridgehead atoms. The van der Waals surface area contributed by atoms with E-state index in [-0.39, 0.29) is 29.9 Å². The van der Waals surface area contributed by atoms with E-state index in [0.29, 0.717) is 18.4 Å². The van der Waals surface area contributed by atoms with Gasteiger partial charge in [0, 0.05) is 51.7 Å². The molecule has 2 unspecified atom stereocenters. The summed E-state index contributed by atoms with van der Waals surface area (Å²) < 4.78 is 0. The number of benzene rings is 1. The zero-order valence-corrected chi connectivity index (χ0v) is 20.8. The van der Waals surface area contributed by atoms with Crippen molar-refractivity contribution in [2.45, 2.75) is 45.6 Å². The fraction of sp³-hybridized carbons (Fsp3) is 0.652. The smallest absolute Gasteiger partial charge is 0.222 e. The van der Waals surface area contributed by atoms with Gasteiger partial charge in [-0.1, -0.05) is 37.3 Å². The zero-order valence-electron chi connectivity index (χ0n) is 18.5. The van der Waals surface area contributed by atoms with Crippen molar-refractivity contribution in [2.75, 3.05) is 45.8 Å². The van der Waals surface area contributed by atoms with Gasteiger partial charge >= 0.3 is 0 Å². The molecule has 3 rings (SSSR count). The summed E-state index contributed by atoms with van der Waals surface area (Å²) in [6, 6.07) is 11.0. The normalized spacial score (nSPS) is 22.1. The van der Waals surface area contributed by atoms with Crippen molar-refractivity contribution >= 4 is 35.8 Å². The van der Waals surface area contributed by atoms with Crippen LogP contribution >= 0.6 is 24.0 Å². The standard InChI is InChI=1S/C23H37N5O.HI/c1-3-22(29)28-15-12-21(18-28)26-23(24-4-2)25-16-20-11-14-27(17-20)13-10-19-8-6-5-7-9-19;/h5-9,20-21H,3-4,10-18H2,1-2H3,(H2,24,25,26);1H. The lowest BCUT2D eigenvalue weighted by atomic mass is 10.1. The number of guanidine groups is 1. The van der Waals surface area contributed by atoms with Gasteiger partial charge in [-0.3, -0.25) is 9.79 Å². The Balaban J connectivity index is 0.00000320. The van der Waals surface area contributed by atoms with Gasteiger partial charge in [-0.15, -0.1) is 24.0 Å². The van der Waals surface area contributed by atoms with Crippen LogP contribution < -0.4 is 10.6 Å². The summed E-state index contributed by atoms with van der Waals surface area (Å²) in [5.41, 5.74) is 1.42. The van der Waals surface area contributed by atoms with Crippen LogP contribution in [0.25, 0.3) is 0 Å².